The van der Waals surface area contributed by atoms with E-state index >= 15 is 0 Å². The van der Waals surface area contributed by atoms with Crippen molar-refractivity contribution in [1.82, 2.24) is 4.98 Å². The molecule has 1 aliphatic carbocycles. The molecule has 0 unspecified atom stereocenters. The van der Waals surface area contributed by atoms with Gasteiger partial charge in [-0.2, -0.15) is 0 Å². The maximum atomic E-state index is 12.1. The van der Waals surface area contributed by atoms with E-state index in [2.05, 4.69) is 4.98 Å². The number of aromatic nitrogens is 1. The number of rotatable bonds is 2. The molecule has 1 spiro atoms. The Balaban J connectivity index is 1.76. The molecule has 0 atom stereocenters. The lowest BCUT2D eigenvalue weighted by Gasteiger charge is -2.38. The first-order valence-electron chi connectivity index (χ1n) is 6.94. The molecule has 2 aliphatic rings. The average molecular weight is 274 g/mol. The number of hydrogen-bond acceptors (Lipinski definition) is 4. The number of aldehydes is 1. The van der Waals surface area contributed by atoms with Crippen LogP contribution in [0.5, 0.6) is 0 Å². The van der Waals surface area contributed by atoms with Gasteiger partial charge in [-0.3, -0.25) is 4.90 Å². The fourth-order valence-electron chi connectivity index (χ4n) is 2.97. The SMILES string of the molecule is CC1(C=O)CCC2(CC1)CN(c1ccccn1)C(=O)O2. The van der Waals surface area contributed by atoms with Crippen LogP contribution in [0, 0.1) is 5.41 Å². The van der Waals surface area contributed by atoms with E-state index in [4.69, 9.17) is 4.74 Å². The predicted molar refractivity (Wildman–Crippen MR) is 73.4 cm³/mol. The minimum atomic E-state index is -0.447. The van der Waals surface area contributed by atoms with Crippen molar-refractivity contribution in [2.75, 3.05) is 11.4 Å². The summed E-state index contributed by atoms with van der Waals surface area (Å²) >= 11 is 0. The summed E-state index contributed by atoms with van der Waals surface area (Å²) in [5, 5.41) is 0. The second kappa shape index (κ2) is 4.58. The normalized spacial score (nSPS) is 33.2. The Kier molecular flexibility index (Phi) is 3.00. The first-order valence-corrected chi connectivity index (χ1v) is 6.94. The number of carbonyl (C=O) groups is 2. The number of hydrogen-bond donors (Lipinski definition) is 0. The Hall–Kier alpha value is -1.91. The van der Waals surface area contributed by atoms with Crippen LogP contribution in [0.1, 0.15) is 32.6 Å². The summed E-state index contributed by atoms with van der Waals surface area (Å²) in [5.74, 6) is 0.623. The molecule has 2 fully saturated rings. The van der Waals surface area contributed by atoms with Gasteiger partial charge in [-0.15, -0.1) is 0 Å². The lowest BCUT2D eigenvalue weighted by molar-refractivity contribution is -0.119. The van der Waals surface area contributed by atoms with Gasteiger partial charge in [-0.05, 0) is 37.8 Å². The molecule has 20 heavy (non-hydrogen) atoms. The summed E-state index contributed by atoms with van der Waals surface area (Å²) in [6.45, 7) is 2.50. The molecule has 3 rings (SSSR count). The summed E-state index contributed by atoms with van der Waals surface area (Å²) in [6.07, 6.45) is 5.36. The molecular weight excluding hydrogens is 256 g/mol. The largest absolute Gasteiger partial charge is 0.441 e. The van der Waals surface area contributed by atoms with E-state index in [0.29, 0.717) is 12.4 Å². The molecule has 1 aliphatic heterocycles. The van der Waals surface area contributed by atoms with Gasteiger partial charge in [0.1, 0.15) is 17.7 Å². The van der Waals surface area contributed by atoms with Crippen molar-refractivity contribution in [3.05, 3.63) is 24.4 Å². The Labute approximate surface area is 117 Å². The number of pyridine rings is 1. The minimum absolute atomic E-state index is 0.268. The van der Waals surface area contributed by atoms with Crippen LogP contribution in [0.15, 0.2) is 24.4 Å². The van der Waals surface area contributed by atoms with Crippen molar-refractivity contribution in [3.8, 4) is 0 Å². The molecule has 2 heterocycles. The minimum Gasteiger partial charge on any atom is -0.441 e. The van der Waals surface area contributed by atoms with Crippen LogP contribution in [0.25, 0.3) is 0 Å². The molecule has 1 saturated carbocycles. The molecule has 1 saturated heterocycles. The van der Waals surface area contributed by atoms with Crippen LogP contribution in [-0.4, -0.2) is 29.5 Å². The van der Waals surface area contributed by atoms with Crippen LogP contribution < -0.4 is 4.90 Å². The molecule has 1 aromatic heterocycles. The van der Waals surface area contributed by atoms with Crippen molar-refractivity contribution < 1.29 is 14.3 Å². The van der Waals surface area contributed by atoms with Gasteiger partial charge in [0, 0.05) is 11.6 Å². The Morgan fingerprint density at radius 3 is 2.65 bits per heavy atom. The number of amides is 1. The van der Waals surface area contributed by atoms with Crippen molar-refractivity contribution in [1.29, 1.82) is 0 Å². The molecule has 5 heteroatoms. The maximum Gasteiger partial charge on any atom is 0.416 e. The van der Waals surface area contributed by atoms with Crippen LogP contribution in [0.2, 0.25) is 0 Å². The zero-order valence-electron chi connectivity index (χ0n) is 11.5. The molecule has 5 nitrogen and oxygen atoms in total. The highest BCUT2D eigenvalue weighted by Crippen LogP contribution is 2.44. The lowest BCUT2D eigenvalue weighted by Crippen LogP contribution is -2.42. The maximum absolute atomic E-state index is 12.1. The van der Waals surface area contributed by atoms with Gasteiger partial charge in [0.25, 0.3) is 0 Å². The van der Waals surface area contributed by atoms with Gasteiger partial charge in [0.15, 0.2) is 0 Å². The molecule has 0 aromatic carbocycles. The van der Waals surface area contributed by atoms with Crippen LogP contribution in [0.4, 0.5) is 10.6 Å². The van der Waals surface area contributed by atoms with Gasteiger partial charge < -0.3 is 9.53 Å². The predicted octanol–water partition coefficient (Wildman–Crippen LogP) is 2.56. The number of carbonyl (C=O) groups excluding carboxylic acids is 2. The van der Waals surface area contributed by atoms with E-state index in [9.17, 15) is 9.59 Å². The van der Waals surface area contributed by atoms with Gasteiger partial charge in [-0.1, -0.05) is 13.0 Å². The topological polar surface area (TPSA) is 59.5 Å². The van der Waals surface area contributed by atoms with E-state index in [0.717, 1.165) is 32.0 Å². The van der Waals surface area contributed by atoms with Gasteiger partial charge in [0.05, 0.1) is 6.54 Å². The van der Waals surface area contributed by atoms with E-state index in [1.54, 1.807) is 17.2 Å². The first kappa shape index (κ1) is 13.1. The molecule has 1 amide bonds. The Morgan fingerprint density at radius 2 is 2.05 bits per heavy atom. The van der Waals surface area contributed by atoms with E-state index in [1.807, 2.05) is 19.1 Å². The van der Waals surface area contributed by atoms with Crippen molar-refractivity contribution >= 4 is 18.2 Å². The summed E-state index contributed by atoms with van der Waals surface area (Å²) in [4.78, 5) is 29.0. The van der Waals surface area contributed by atoms with Gasteiger partial charge in [0.2, 0.25) is 0 Å². The quantitative estimate of drug-likeness (QED) is 0.778. The van der Waals surface area contributed by atoms with Gasteiger partial charge in [-0.25, -0.2) is 9.78 Å². The third kappa shape index (κ3) is 2.17. The molecule has 0 N–H and O–H groups in total. The highest BCUT2D eigenvalue weighted by Gasteiger charge is 2.50. The third-order valence-electron chi connectivity index (χ3n) is 4.48. The number of nitrogens with zero attached hydrogens (tertiary/aromatic N) is 2. The van der Waals surface area contributed by atoms with Crippen molar-refractivity contribution in [3.63, 3.8) is 0 Å². The Bertz CT molecular complexity index is 521. The van der Waals surface area contributed by atoms with Crippen molar-refractivity contribution in [2.24, 2.45) is 5.41 Å². The molecule has 0 bridgehead atoms. The lowest BCUT2D eigenvalue weighted by atomic mass is 9.70. The van der Waals surface area contributed by atoms with E-state index in [-0.39, 0.29) is 11.5 Å². The van der Waals surface area contributed by atoms with Crippen molar-refractivity contribution in [2.45, 2.75) is 38.2 Å². The summed E-state index contributed by atoms with van der Waals surface area (Å²) < 4.78 is 5.63. The third-order valence-corrected chi connectivity index (χ3v) is 4.48. The number of anilines is 1. The zero-order valence-corrected chi connectivity index (χ0v) is 11.5. The summed E-state index contributed by atoms with van der Waals surface area (Å²) in [6, 6.07) is 5.47. The molecule has 106 valence electrons. The molecule has 0 radical (unpaired) electrons. The first-order chi connectivity index (χ1) is 9.56. The average Bonchev–Trinajstić information content (AvgIpc) is 2.81. The van der Waals surface area contributed by atoms with E-state index < -0.39 is 5.60 Å². The van der Waals surface area contributed by atoms with Gasteiger partial charge >= 0.3 is 6.09 Å². The fourth-order valence-corrected chi connectivity index (χ4v) is 2.97. The Morgan fingerprint density at radius 1 is 1.30 bits per heavy atom. The van der Waals surface area contributed by atoms with Crippen LogP contribution >= 0.6 is 0 Å². The van der Waals surface area contributed by atoms with E-state index in [1.165, 1.54) is 0 Å². The highest BCUT2D eigenvalue weighted by atomic mass is 16.6. The highest BCUT2D eigenvalue weighted by molar-refractivity contribution is 5.89. The van der Waals surface area contributed by atoms with Crippen LogP contribution in [0.3, 0.4) is 0 Å². The summed E-state index contributed by atoms with van der Waals surface area (Å²) in [7, 11) is 0. The zero-order chi connectivity index (χ0) is 14.2. The second-order valence-electron chi connectivity index (χ2n) is 6.10. The standard InChI is InChI=1S/C15H18N2O3/c1-14(11-18)5-7-15(8-6-14)10-17(13(19)20-15)12-4-2-3-9-16-12/h2-4,9,11H,5-8,10H2,1H3. The monoisotopic (exact) mass is 274 g/mol. The number of ether oxygens (including phenoxy) is 1. The molecule has 1 aromatic rings. The smallest absolute Gasteiger partial charge is 0.416 e. The summed E-state index contributed by atoms with van der Waals surface area (Å²) in [5.41, 5.74) is -0.715. The molecular formula is C15H18N2O3. The fraction of sp³-hybridized carbons (Fsp3) is 0.533. The second-order valence-corrected chi connectivity index (χ2v) is 6.10. The van der Waals surface area contributed by atoms with Crippen LogP contribution in [-0.2, 0) is 9.53 Å².